The summed E-state index contributed by atoms with van der Waals surface area (Å²) in [5.74, 6) is 0.954. The van der Waals surface area contributed by atoms with Crippen molar-refractivity contribution in [3.63, 3.8) is 0 Å². The Balaban J connectivity index is 1.91. The third-order valence-electron chi connectivity index (χ3n) is 2.62. The summed E-state index contributed by atoms with van der Waals surface area (Å²) >= 11 is 5.64. The molecule has 0 aromatic heterocycles. The molecule has 0 aromatic carbocycles. The highest BCUT2D eigenvalue weighted by molar-refractivity contribution is 6.93. The summed E-state index contributed by atoms with van der Waals surface area (Å²) in [7, 11) is -0.385. The third-order valence-corrected chi connectivity index (χ3v) is 3.52. The van der Waals surface area contributed by atoms with E-state index in [1.165, 1.54) is 38.5 Å². The van der Waals surface area contributed by atoms with Gasteiger partial charge in [0.15, 0.2) is 8.83 Å². The van der Waals surface area contributed by atoms with Crippen molar-refractivity contribution in [2.45, 2.75) is 38.5 Å². The van der Waals surface area contributed by atoms with Crippen LogP contribution in [0.5, 0.6) is 0 Å². The van der Waals surface area contributed by atoms with Crippen LogP contribution in [0.15, 0.2) is 0 Å². The molecule has 0 bridgehead atoms. The Labute approximate surface area is 82.3 Å². The van der Waals surface area contributed by atoms with Gasteiger partial charge in [-0.15, -0.1) is 0 Å². The predicted octanol–water partition coefficient (Wildman–Crippen LogP) is 2.25. The highest BCUT2D eigenvalue weighted by Gasteiger charge is 2.12. The van der Waals surface area contributed by atoms with E-state index in [2.05, 4.69) is 0 Å². The molecule has 1 saturated carbocycles. The molecule has 1 aliphatic rings. The molecule has 0 aromatic rings. The molecule has 1 aliphatic carbocycles. The smallest absolute Gasteiger partial charge is 0.152 e. The predicted molar refractivity (Wildman–Crippen MR) is 56.4 cm³/mol. The first-order valence-corrected chi connectivity index (χ1v) is 8.21. The lowest BCUT2D eigenvalue weighted by molar-refractivity contribution is 0.150. The van der Waals surface area contributed by atoms with Gasteiger partial charge in [-0.1, -0.05) is 32.1 Å². The molecule has 1 nitrogen and oxygen atoms in total. The van der Waals surface area contributed by atoms with E-state index < -0.39 is 0 Å². The molecule has 0 spiro atoms. The largest absolute Gasteiger partial charge is 0.384 e. The van der Waals surface area contributed by atoms with E-state index in [1.54, 1.807) is 0 Å². The first-order chi connectivity index (χ1) is 5.93. The topological polar surface area (TPSA) is 9.23 Å². The molecule has 1 fully saturated rings. The van der Waals surface area contributed by atoms with Crippen molar-refractivity contribution in [1.29, 1.82) is 0 Å². The van der Waals surface area contributed by atoms with Crippen LogP contribution >= 0.6 is 11.1 Å². The molecule has 0 aliphatic heterocycles. The van der Waals surface area contributed by atoms with E-state index in [9.17, 15) is 0 Å². The second-order valence-electron chi connectivity index (χ2n) is 3.59. The maximum atomic E-state index is 5.64. The van der Waals surface area contributed by atoms with Gasteiger partial charge in [-0.2, -0.15) is 11.1 Å². The maximum absolute atomic E-state index is 5.64. The second kappa shape index (κ2) is 6.93. The van der Waals surface area contributed by atoms with Crippen molar-refractivity contribution in [3.05, 3.63) is 0 Å². The van der Waals surface area contributed by atoms with Gasteiger partial charge in [0, 0.05) is 12.8 Å². The Morgan fingerprint density at radius 2 is 2.00 bits per heavy atom. The SMILES string of the molecule is Cl[SiH2]COCCC1CCCCC1. The zero-order valence-electron chi connectivity index (χ0n) is 7.73. The normalized spacial score (nSPS) is 20.8. The minimum Gasteiger partial charge on any atom is -0.384 e. The fourth-order valence-electron chi connectivity index (χ4n) is 1.88. The van der Waals surface area contributed by atoms with Crippen LogP contribution in [0.4, 0.5) is 0 Å². The van der Waals surface area contributed by atoms with Crippen LogP contribution in [0.1, 0.15) is 38.5 Å². The number of hydrogen-bond donors (Lipinski definition) is 0. The number of halogens is 1. The van der Waals surface area contributed by atoms with Crippen LogP contribution in [-0.2, 0) is 4.74 Å². The van der Waals surface area contributed by atoms with Crippen molar-refractivity contribution in [1.82, 2.24) is 0 Å². The summed E-state index contributed by atoms with van der Waals surface area (Å²) in [5.41, 5.74) is 0. The standard InChI is InChI=1S/C9H19ClOSi/c10-12-8-11-7-6-9-4-2-1-3-5-9/h9H,1-8,12H2. The van der Waals surface area contributed by atoms with Crippen LogP contribution in [0.3, 0.4) is 0 Å². The summed E-state index contributed by atoms with van der Waals surface area (Å²) in [6.07, 6.45) is 9.32. The first kappa shape index (κ1) is 10.5. The fraction of sp³-hybridized carbons (Fsp3) is 1.00. The van der Waals surface area contributed by atoms with Gasteiger partial charge >= 0.3 is 0 Å². The summed E-state index contributed by atoms with van der Waals surface area (Å²) in [4.78, 5) is 0. The van der Waals surface area contributed by atoms with Gasteiger partial charge in [-0.05, 0) is 12.3 Å². The zero-order chi connectivity index (χ0) is 8.65. The average molecular weight is 207 g/mol. The highest BCUT2D eigenvalue weighted by Crippen LogP contribution is 2.25. The van der Waals surface area contributed by atoms with Gasteiger partial charge in [0.05, 0.1) is 0 Å². The zero-order valence-corrected chi connectivity index (χ0v) is 9.90. The lowest BCUT2D eigenvalue weighted by atomic mass is 9.87. The van der Waals surface area contributed by atoms with E-state index in [4.69, 9.17) is 15.8 Å². The average Bonchev–Trinajstić information content (AvgIpc) is 2.14. The quantitative estimate of drug-likeness (QED) is 0.381. The second-order valence-corrected chi connectivity index (χ2v) is 5.51. The summed E-state index contributed by atoms with van der Waals surface area (Å²) in [6.45, 7) is 0.949. The first-order valence-electron chi connectivity index (χ1n) is 5.07. The van der Waals surface area contributed by atoms with E-state index in [0.717, 1.165) is 18.8 Å². The molecule has 0 unspecified atom stereocenters. The minimum atomic E-state index is -0.385. The van der Waals surface area contributed by atoms with Gasteiger partial charge < -0.3 is 4.74 Å². The Bertz CT molecular complexity index is 105. The minimum absolute atomic E-state index is 0.385. The van der Waals surface area contributed by atoms with E-state index in [1.807, 2.05) is 0 Å². The highest BCUT2D eigenvalue weighted by atomic mass is 35.6. The Morgan fingerprint density at radius 1 is 1.25 bits per heavy atom. The molecule has 0 saturated heterocycles. The van der Waals surface area contributed by atoms with Crippen LogP contribution in [0.25, 0.3) is 0 Å². The van der Waals surface area contributed by atoms with Crippen LogP contribution in [-0.4, -0.2) is 21.7 Å². The number of ether oxygens (including phenoxy) is 1. The van der Waals surface area contributed by atoms with Crippen molar-refractivity contribution < 1.29 is 4.74 Å². The Hall–Kier alpha value is 0.467. The lowest BCUT2D eigenvalue weighted by Crippen LogP contribution is -2.10. The van der Waals surface area contributed by atoms with E-state index >= 15 is 0 Å². The lowest BCUT2D eigenvalue weighted by Gasteiger charge is -2.20. The third kappa shape index (κ3) is 4.48. The van der Waals surface area contributed by atoms with Gasteiger partial charge in [-0.3, -0.25) is 0 Å². The molecule has 72 valence electrons. The molecule has 3 heteroatoms. The maximum Gasteiger partial charge on any atom is 0.152 e. The summed E-state index contributed by atoms with van der Waals surface area (Å²) in [6, 6.07) is 0. The number of rotatable bonds is 5. The summed E-state index contributed by atoms with van der Waals surface area (Å²) in [5, 5.41) is 0. The van der Waals surface area contributed by atoms with Gasteiger partial charge in [-0.25, -0.2) is 0 Å². The summed E-state index contributed by atoms with van der Waals surface area (Å²) < 4.78 is 5.42. The molecule has 12 heavy (non-hydrogen) atoms. The van der Waals surface area contributed by atoms with Crippen LogP contribution in [0.2, 0.25) is 0 Å². The molecular weight excluding hydrogens is 188 g/mol. The monoisotopic (exact) mass is 206 g/mol. The fourth-order valence-corrected chi connectivity index (χ4v) is 2.52. The van der Waals surface area contributed by atoms with E-state index in [-0.39, 0.29) is 8.83 Å². The van der Waals surface area contributed by atoms with Crippen LogP contribution in [0, 0.1) is 5.92 Å². The van der Waals surface area contributed by atoms with Crippen molar-refractivity contribution in [3.8, 4) is 0 Å². The Kier molecular flexibility index (Phi) is 6.09. The van der Waals surface area contributed by atoms with Crippen molar-refractivity contribution in [2.24, 2.45) is 5.92 Å². The molecular formula is C9H19ClOSi. The van der Waals surface area contributed by atoms with Gasteiger partial charge in [0.2, 0.25) is 0 Å². The molecule has 0 atom stereocenters. The van der Waals surface area contributed by atoms with Crippen LogP contribution < -0.4 is 0 Å². The number of hydrogen-bond acceptors (Lipinski definition) is 1. The van der Waals surface area contributed by atoms with E-state index in [0.29, 0.717) is 0 Å². The molecule has 0 radical (unpaired) electrons. The Morgan fingerprint density at radius 3 is 2.67 bits per heavy atom. The molecule has 0 N–H and O–H groups in total. The molecule has 1 rings (SSSR count). The van der Waals surface area contributed by atoms with Gasteiger partial charge in [0.25, 0.3) is 0 Å². The molecule has 0 amide bonds. The molecule has 0 heterocycles. The van der Waals surface area contributed by atoms with Crippen molar-refractivity contribution >= 4 is 19.9 Å². The van der Waals surface area contributed by atoms with Gasteiger partial charge in [0.1, 0.15) is 0 Å². The van der Waals surface area contributed by atoms with Crippen molar-refractivity contribution in [2.75, 3.05) is 12.8 Å².